The Morgan fingerprint density at radius 2 is 2.00 bits per heavy atom. The highest BCUT2D eigenvalue weighted by Gasteiger charge is 2.22. The van der Waals surface area contributed by atoms with Crippen LogP contribution in [0.15, 0.2) is 40.1 Å². The highest BCUT2D eigenvalue weighted by molar-refractivity contribution is 7.97. The van der Waals surface area contributed by atoms with E-state index in [-0.39, 0.29) is 11.1 Å². The quantitative estimate of drug-likeness (QED) is 0.478. The Balaban J connectivity index is 2.17. The first-order chi connectivity index (χ1) is 11.3. The van der Waals surface area contributed by atoms with E-state index in [1.54, 1.807) is 12.1 Å². The van der Waals surface area contributed by atoms with Gasteiger partial charge in [0.1, 0.15) is 0 Å². The maximum absolute atomic E-state index is 11.9. The lowest BCUT2D eigenvalue weighted by atomic mass is 10.0. The summed E-state index contributed by atoms with van der Waals surface area (Å²) in [6, 6.07) is 8.08. The third kappa shape index (κ3) is 3.33. The minimum Gasteiger partial charge on any atom is -0.399 e. The Morgan fingerprint density at radius 1 is 1.25 bits per heavy atom. The van der Waals surface area contributed by atoms with Crippen molar-refractivity contribution < 1.29 is 8.42 Å². The maximum Gasteiger partial charge on any atom is 0.238 e. The number of anilines is 2. The zero-order chi connectivity index (χ0) is 17.5. The molecule has 9 heteroatoms. The average Bonchev–Trinajstić information content (AvgIpc) is 2.52. The second-order valence-corrected chi connectivity index (χ2v) is 8.27. The summed E-state index contributed by atoms with van der Waals surface area (Å²) >= 11 is 7.89. The summed E-state index contributed by atoms with van der Waals surface area (Å²) in [5.74, 6) is 0. The molecule has 1 unspecified atom stereocenters. The molecule has 1 heterocycles. The zero-order valence-electron chi connectivity index (χ0n) is 12.8. The first-order valence-electron chi connectivity index (χ1n) is 7.24. The predicted molar refractivity (Wildman–Crippen MR) is 99.4 cm³/mol. The summed E-state index contributed by atoms with van der Waals surface area (Å²) in [4.78, 5) is 0.911. The fraction of sp³-hybridized carbons (Fsp3) is 0.200. The maximum atomic E-state index is 11.9. The fourth-order valence-corrected chi connectivity index (χ4v) is 4.40. The van der Waals surface area contributed by atoms with E-state index in [0.29, 0.717) is 21.8 Å². The molecule has 0 spiro atoms. The molecule has 2 aromatic carbocycles. The number of hydrogen-bond acceptors (Lipinski definition) is 6. The van der Waals surface area contributed by atoms with E-state index >= 15 is 0 Å². The summed E-state index contributed by atoms with van der Waals surface area (Å²) < 4.78 is 27.0. The molecule has 0 bridgehead atoms. The van der Waals surface area contributed by atoms with Crippen LogP contribution in [0.5, 0.6) is 0 Å². The van der Waals surface area contributed by atoms with Crippen LogP contribution in [0.3, 0.4) is 0 Å². The number of nitrogens with one attached hydrogen (secondary N) is 2. The van der Waals surface area contributed by atoms with E-state index in [1.807, 2.05) is 6.07 Å². The third-order valence-electron chi connectivity index (χ3n) is 3.72. The second-order valence-electron chi connectivity index (χ2n) is 5.45. The molecule has 6 N–H and O–H groups in total. The van der Waals surface area contributed by atoms with E-state index in [2.05, 4.69) is 17.0 Å². The molecule has 3 rings (SSSR count). The van der Waals surface area contributed by atoms with Crippen molar-refractivity contribution >= 4 is 44.9 Å². The van der Waals surface area contributed by atoms with Crippen molar-refractivity contribution in [3.05, 3.63) is 35.4 Å². The third-order valence-corrected chi connectivity index (χ3v) is 5.96. The lowest BCUT2D eigenvalue weighted by Crippen LogP contribution is -2.34. The Morgan fingerprint density at radius 3 is 2.67 bits per heavy atom. The molecule has 0 fully saturated rings. The summed E-state index contributed by atoms with van der Waals surface area (Å²) in [5.41, 5.74) is 8.12. The molecule has 2 aromatic rings. The van der Waals surface area contributed by atoms with Crippen LogP contribution in [0.1, 0.15) is 13.3 Å². The number of benzene rings is 2. The number of nitrogens with two attached hydrogens (primary N) is 2. The van der Waals surface area contributed by atoms with Crippen LogP contribution in [-0.2, 0) is 10.0 Å². The molecule has 1 aliphatic heterocycles. The lowest BCUT2D eigenvalue weighted by Gasteiger charge is -2.27. The van der Waals surface area contributed by atoms with Crippen LogP contribution in [0, 0.1) is 0 Å². The van der Waals surface area contributed by atoms with Gasteiger partial charge in [-0.2, -0.15) is 0 Å². The molecule has 6 nitrogen and oxygen atoms in total. The normalized spacial score (nSPS) is 17.2. The van der Waals surface area contributed by atoms with Crippen LogP contribution in [0.2, 0.25) is 5.02 Å². The topological polar surface area (TPSA) is 110 Å². The Bertz CT molecular complexity index is 903. The van der Waals surface area contributed by atoms with Crippen molar-refractivity contribution in [2.45, 2.75) is 29.3 Å². The summed E-state index contributed by atoms with van der Waals surface area (Å²) in [6.07, 6.45) is 1.06. The molecule has 0 aromatic heterocycles. The van der Waals surface area contributed by atoms with Gasteiger partial charge >= 0.3 is 0 Å². The van der Waals surface area contributed by atoms with Crippen molar-refractivity contribution in [1.82, 2.24) is 4.72 Å². The molecule has 0 amide bonds. The number of fused-ring (bicyclic) bond motifs is 1. The molecular weight excluding hydrogens is 368 g/mol. The first kappa shape index (κ1) is 17.4. The number of hydrogen-bond donors (Lipinski definition) is 4. The molecule has 0 radical (unpaired) electrons. The number of halogens is 1. The average molecular weight is 385 g/mol. The number of rotatable bonds is 3. The smallest absolute Gasteiger partial charge is 0.238 e. The fourth-order valence-electron chi connectivity index (χ4n) is 2.50. The van der Waals surface area contributed by atoms with Crippen LogP contribution >= 0.6 is 23.5 Å². The zero-order valence-corrected chi connectivity index (χ0v) is 15.2. The lowest BCUT2D eigenvalue weighted by molar-refractivity contribution is 0.598. The van der Waals surface area contributed by atoms with Gasteiger partial charge < -0.3 is 11.1 Å². The Kier molecular flexibility index (Phi) is 4.67. The summed E-state index contributed by atoms with van der Waals surface area (Å²) in [5, 5.41) is 9.09. The van der Waals surface area contributed by atoms with Gasteiger partial charge in [0.05, 0.1) is 21.8 Å². The molecule has 1 aliphatic rings. The van der Waals surface area contributed by atoms with Gasteiger partial charge in [-0.15, -0.1) is 0 Å². The number of primary sulfonamides is 1. The minimum atomic E-state index is -3.90. The standard InChI is InChI=1S/C15H17ClN4O2S2/c1-2-15-19-12-7-11(16)9(6-13(12)23-20-15)10-5-8(17)3-4-14(10)24(18,21)22/h3-7,15,19-20H,2,17H2,1H3,(H2,18,21,22). The monoisotopic (exact) mass is 384 g/mol. The largest absolute Gasteiger partial charge is 0.399 e. The van der Waals surface area contributed by atoms with Gasteiger partial charge in [0, 0.05) is 21.7 Å². The molecule has 0 aliphatic carbocycles. The van der Waals surface area contributed by atoms with Crippen molar-refractivity contribution in [2.75, 3.05) is 11.1 Å². The van der Waals surface area contributed by atoms with Gasteiger partial charge in [0.15, 0.2) is 0 Å². The molecule has 128 valence electrons. The molecule has 0 saturated heterocycles. The van der Waals surface area contributed by atoms with E-state index in [4.69, 9.17) is 22.5 Å². The minimum absolute atomic E-state index is 0.00767. The van der Waals surface area contributed by atoms with E-state index in [0.717, 1.165) is 17.0 Å². The van der Waals surface area contributed by atoms with Crippen molar-refractivity contribution in [3.63, 3.8) is 0 Å². The van der Waals surface area contributed by atoms with Gasteiger partial charge in [-0.25, -0.2) is 18.3 Å². The Hall–Kier alpha value is -1.45. The van der Waals surface area contributed by atoms with Gasteiger partial charge in [0.2, 0.25) is 10.0 Å². The predicted octanol–water partition coefficient (Wildman–Crippen LogP) is 2.99. The molecule has 0 saturated carbocycles. The SMILES string of the molecule is CCC1NSc2cc(-c3cc(N)ccc3S(N)(=O)=O)c(Cl)cc2N1. The molecule has 1 atom stereocenters. The van der Waals surface area contributed by atoms with E-state index in [1.165, 1.54) is 24.1 Å². The van der Waals surface area contributed by atoms with Gasteiger partial charge in [-0.3, -0.25) is 0 Å². The van der Waals surface area contributed by atoms with Crippen LogP contribution in [-0.4, -0.2) is 14.6 Å². The highest BCUT2D eigenvalue weighted by Crippen LogP contribution is 2.41. The highest BCUT2D eigenvalue weighted by atomic mass is 35.5. The van der Waals surface area contributed by atoms with E-state index in [9.17, 15) is 8.42 Å². The summed E-state index contributed by atoms with van der Waals surface area (Å²) in [6.45, 7) is 2.07. The van der Waals surface area contributed by atoms with E-state index < -0.39 is 10.0 Å². The van der Waals surface area contributed by atoms with Crippen LogP contribution in [0.4, 0.5) is 11.4 Å². The number of nitrogen functional groups attached to an aromatic ring is 1. The van der Waals surface area contributed by atoms with Crippen molar-refractivity contribution in [3.8, 4) is 11.1 Å². The van der Waals surface area contributed by atoms with Gasteiger partial charge in [0.25, 0.3) is 0 Å². The summed E-state index contributed by atoms with van der Waals surface area (Å²) in [7, 11) is -3.90. The number of sulfonamides is 1. The van der Waals surface area contributed by atoms with Gasteiger partial charge in [-0.1, -0.05) is 18.5 Å². The Labute approximate surface area is 150 Å². The second kappa shape index (κ2) is 6.45. The first-order valence-corrected chi connectivity index (χ1v) is 9.99. The van der Waals surface area contributed by atoms with Crippen LogP contribution < -0.4 is 20.9 Å². The van der Waals surface area contributed by atoms with Crippen molar-refractivity contribution in [2.24, 2.45) is 5.14 Å². The van der Waals surface area contributed by atoms with Crippen molar-refractivity contribution in [1.29, 1.82) is 0 Å². The molecular formula is C15H17ClN4O2S2. The molecule has 24 heavy (non-hydrogen) atoms. The van der Waals surface area contributed by atoms with Gasteiger partial charge in [-0.05, 0) is 48.7 Å². The van der Waals surface area contributed by atoms with Crippen LogP contribution in [0.25, 0.3) is 11.1 Å².